The summed E-state index contributed by atoms with van der Waals surface area (Å²) in [6.45, 7) is -0.123. The Labute approximate surface area is 175 Å². The van der Waals surface area contributed by atoms with Crippen molar-refractivity contribution in [2.24, 2.45) is 0 Å². The molecule has 1 aromatic carbocycles. The molecule has 5 aromatic rings. The topological polar surface area (TPSA) is 124 Å². The molecule has 0 radical (unpaired) electrons. The lowest BCUT2D eigenvalue weighted by Gasteiger charge is -2.13. The Kier molecular flexibility index (Phi) is 4.77. The molecule has 0 fully saturated rings. The molecule has 4 aromatic heterocycles. The van der Waals surface area contributed by atoms with Crippen LogP contribution in [0.4, 0.5) is 10.3 Å². The maximum absolute atomic E-state index is 13.7. The highest BCUT2D eigenvalue weighted by molar-refractivity contribution is 5.83. The molecule has 0 aliphatic rings. The van der Waals surface area contributed by atoms with Crippen molar-refractivity contribution in [3.63, 3.8) is 0 Å². The summed E-state index contributed by atoms with van der Waals surface area (Å²) < 4.78 is 15.1. The summed E-state index contributed by atoms with van der Waals surface area (Å²) in [5.41, 5.74) is 2.93. The maximum atomic E-state index is 13.7. The fraction of sp³-hybridized carbons (Fsp3) is 0.143. The minimum Gasteiger partial charge on any atom is -0.391 e. The zero-order chi connectivity index (χ0) is 21.4. The SMILES string of the molecule is OCc1cnn2c(NC[C@H](O)c3c[nH]c4ccccc34)nc(-c3cncc(F)c3)nc12. The van der Waals surface area contributed by atoms with Crippen molar-refractivity contribution < 1.29 is 14.6 Å². The van der Waals surface area contributed by atoms with Crippen LogP contribution in [0.15, 0.2) is 55.1 Å². The molecule has 0 unspecified atom stereocenters. The number of aromatic amines is 1. The van der Waals surface area contributed by atoms with E-state index in [0.717, 1.165) is 22.7 Å². The number of benzene rings is 1. The van der Waals surface area contributed by atoms with Gasteiger partial charge in [-0.05, 0) is 12.1 Å². The van der Waals surface area contributed by atoms with Gasteiger partial charge in [0, 0.05) is 46.5 Å². The number of para-hydroxylation sites is 1. The number of aliphatic hydroxyl groups is 2. The monoisotopic (exact) mass is 419 g/mol. The number of nitrogens with one attached hydrogen (secondary N) is 2. The predicted molar refractivity (Wildman–Crippen MR) is 112 cm³/mol. The summed E-state index contributed by atoms with van der Waals surface area (Å²) in [5.74, 6) is 0.00256. The molecule has 1 atom stereocenters. The standard InChI is InChI=1S/C21H18FN7O2/c22-14-5-12(6-23-8-14)19-27-20-13(11-30)7-26-29(20)21(28-19)25-10-18(31)16-9-24-17-4-2-1-3-15(16)17/h1-9,18,24,30-31H,10-11H2,(H,25,27,28)/t18-/m0/s1. The van der Waals surface area contributed by atoms with Crippen molar-refractivity contribution in [3.05, 3.63) is 72.1 Å². The Morgan fingerprint density at radius 3 is 2.87 bits per heavy atom. The van der Waals surface area contributed by atoms with Crippen LogP contribution in [0.2, 0.25) is 0 Å². The average molecular weight is 419 g/mol. The lowest BCUT2D eigenvalue weighted by molar-refractivity contribution is 0.193. The minimum atomic E-state index is -0.826. The molecule has 9 nitrogen and oxygen atoms in total. The predicted octanol–water partition coefficient (Wildman–Crippen LogP) is 2.44. The van der Waals surface area contributed by atoms with Crippen LogP contribution in [0.5, 0.6) is 0 Å². The normalized spacial score (nSPS) is 12.5. The number of fused-ring (bicyclic) bond motifs is 2. The van der Waals surface area contributed by atoms with E-state index in [9.17, 15) is 14.6 Å². The van der Waals surface area contributed by atoms with Crippen LogP contribution >= 0.6 is 0 Å². The molecule has 0 amide bonds. The molecule has 0 spiro atoms. The summed E-state index contributed by atoms with van der Waals surface area (Å²) >= 11 is 0. The van der Waals surface area contributed by atoms with Crippen molar-refractivity contribution in [3.8, 4) is 11.4 Å². The second-order valence-electron chi connectivity index (χ2n) is 7.01. The van der Waals surface area contributed by atoms with Gasteiger partial charge >= 0.3 is 0 Å². The first kappa shape index (κ1) is 19.1. The molecular formula is C21H18FN7O2. The van der Waals surface area contributed by atoms with E-state index in [1.54, 1.807) is 6.20 Å². The number of halogens is 1. The lowest BCUT2D eigenvalue weighted by Crippen LogP contribution is -2.16. The number of rotatable bonds is 6. The van der Waals surface area contributed by atoms with Crippen molar-refractivity contribution in [2.75, 3.05) is 11.9 Å². The Morgan fingerprint density at radius 1 is 1.16 bits per heavy atom. The molecule has 0 aliphatic carbocycles. The first-order valence-electron chi connectivity index (χ1n) is 9.58. The third-order valence-corrected chi connectivity index (χ3v) is 5.01. The number of aromatic nitrogens is 6. The molecule has 4 N–H and O–H groups in total. The highest BCUT2D eigenvalue weighted by atomic mass is 19.1. The first-order chi connectivity index (χ1) is 15.1. The van der Waals surface area contributed by atoms with Gasteiger partial charge in [0.15, 0.2) is 11.5 Å². The van der Waals surface area contributed by atoms with Gasteiger partial charge in [0.05, 0.1) is 25.1 Å². The molecule has 10 heteroatoms. The molecule has 0 bridgehead atoms. The molecule has 0 saturated heterocycles. The smallest absolute Gasteiger partial charge is 0.228 e. The number of nitrogens with zero attached hydrogens (tertiary/aromatic N) is 5. The molecule has 5 rings (SSSR count). The van der Waals surface area contributed by atoms with Gasteiger partial charge < -0.3 is 20.5 Å². The van der Waals surface area contributed by atoms with E-state index in [1.165, 1.54) is 23.0 Å². The van der Waals surface area contributed by atoms with Crippen molar-refractivity contribution in [1.82, 2.24) is 29.5 Å². The molecule has 4 heterocycles. The van der Waals surface area contributed by atoms with Gasteiger partial charge in [-0.1, -0.05) is 18.2 Å². The number of hydrogen-bond donors (Lipinski definition) is 4. The number of H-pyrrole nitrogens is 1. The molecular weight excluding hydrogens is 401 g/mol. The molecule has 0 saturated carbocycles. The summed E-state index contributed by atoms with van der Waals surface area (Å²) in [6, 6.07) is 8.98. The second kappa shape index (κ2) is 7.74. The van der Waals surface area contributed by atoms with Crippen LogP contribution in [-0.2, 0) is 6.61 Å². The van der Waals surface area contributed by atoms with E-state index in [0.29, 0.717) is 22.7 Å². The Hall–Kier alpha value is -3.89. The summed E-state index contributed by atoms with van der Waals surface area (Å²) in [7, 11) is 0. The van der Waals surface area contributed by atoms with Gasteiger partial charge in [-0.2, -0.15) is 14.6 Å². The van der Waals surface area contributed by atoms with Crippen LogP contribution in [0.25, 0.3) is 27.9 Å². The largest absolute Gasteiger partial charge is 0.391 e. The molecule has 31 heavy (non-hydrogen) atoms. The fourth-order valence-corrected chi connectivity index (χ4v) is 3.48. The summed E-state index contributed by atoms with van der Waals surface area (Å²) in [6.07, 6.45) is 4.98. The van der Waals surface area contributed by atoms with Gasteiger partial charge in [-0.15, -0.1) is 0 Å². The lowest BCUT2D eigenvalue weighted by atomic mass is 10.1. The zero-order valence-corrected chi connectivity index (χ0v) is 16.2. The Balaban J connectivity index is 1.50. The highest BCUT2D eigenvalue weighted by Crippen LogP contribution is 2.25. The number of hydrogen-bond acceptors (Lipinski definition) is 7. The van der Waals surface area contributed by atoms with Gasteiger partial charge in [0.25, 0.3) is 0 Å². The summed E-state index contributed by atoms with van der Waals surface area (Å²) in [4.78, 5) is 15.8. The molecule has 156 valence electrons. The van der Waals surface area contributed by atoms with Gasteiger partial charge in [0.1, 0.15) is 5.82 Å². The van der Waals surface area contributed by atoms with Gasteiger partial charge in [-0.3, -0.25) is 4.98 Å². The van der Waals surface area contributed by atoms with Crippen LogP contribution in [0, 0.1) is 5.82 Å². The van der Waals surface area contributed by atoms with Crippen molar-refractivity contribution in [1.29, 1.82) is 0 Å². The van der Waals surface area contributed by atoms with Crippen LogP contribution < -0.4 is 5.32 Å². The minimum absolute atomic E-state index is 0.142. The first-order valence-corrected chi connectivity index (χ1v) is 9.58. The van der Waals surface area contributed by atoms with Crippen LogP contribution in [-0.4, -0.2) is 46.3 Å². The van der Waals surface area contributed by atoms with E-state index in [4.69, 9.17) is 0 Å². The quantitative estimate of drug-likeness (QED) is 0.333. The average Bonchev–Trinajstić information content (AvgIpc) is 3.41. The second-order valence-corrected chi connectivity index (χ2v) is 7.01. The van der Waals surface area contributed by atoms with E-state index in [1.807, 2.05) is 24.3 Å². The number of aliphatic hydroxyl groups excluding tert-OH is 2. The maximum Gasteiger partial charge on any atom is 0.228 e. The third kappa shape index (κ3) is 3.47. The number of anilines is 1. The zero-order valence-electron chi connectivity index (χ0n) is 16.2. The van der Waals surface area contributed by atoms with E-state index in [2.05, 4.69) is 30.4 Å². The van der Waals surface area contributed by atoms with E-state index in [-0.39, 0.29) is 19.0 Å². The van der Waals surface area contributed by atoms with Crippen LogP contribution in [0.3, 0.4) is 0 Å². The Bertz CT molecular complexity index is 1380. The molecule has 0 aliphatic heterocycles. The van der Waals surface area contributed by atoms with Crippen molar-refractivity contribution >= 4 is 22.5 Å². The van der Waals surface area contributed by atoms with Gasteiger partial charge in [-0.25, -0.2) is 9.37 Å². The number of pyridine rings is 1. The third-order valence-electron chi connectivity index (χ3n) is 5.01. The van der Waals surface area contributed by atoms with E-state index < -0.39 is 11.9 Å². The van der Waals surface area contributed by atoms with E-state index >= 15 is 0 Å². The van der Waals surface area contributed by atoms with Crippen molar-refractivity contribution in [2.45, 2.75) is 12.7 Å². The Morgan fingerprint density at radius 2 is 2.03 bits per heavy atom. The van der Waals surface area contributed by atoms with Gasteiger partial charge in [0.2, 0.25) is 5.95 Å². The van der Waals surface area contributed by atoms with Crippen LogP contribution in [0.1, 0.15) is 17.2 Å². The summed E-state index contributed by atoms with van der Waals surface area (Å²) in [5, 5.41) is 28.6. The fourth-order valence-electron chi connectivity index (χ4n) is 3.48. The highest BCUT2D eigenvalue weighted by Gasteiger charge is 2.17.